The largest absolute Gasteiger partial charge is 0.478 e. The standard InChI is InChI=1S/C24H27FO2/c1-14-11-19-20(24(5,6)10-9-23(19,3)4)13-18(14)15(2)16-7-8-17(22(26)27)21(25)12-16/h7-8,11-13H,2,9-10H2,1,3-6H3,(H,26,27). The van der Waals surface area contributed by atoms with Crippen molar-refractivity contribution in [2.24, 2.45) is 0 Å². The molecule has 2 nitrogen and oxygen atoms in total. The lowest BCUT2D eigenvalue weighted by molar-refractivity contribution is 0.0692. The molecule has 2 aromatic rings. The Morgan fingerprint density at radius 2 is 1.56 bits per heavy atom. The topological polar surface area (TPSA) is 37.3 Å². The fourth-order valence-electron chi connectivity index (χ4n) is 4.08. The first-order valence-corrected chi connectivity index (χ1v) is 9.32. The summed E-state index contributed by atoms with van der Waals surface area (Å²) in [6.45, 7) is 15.4. The van der Waals surface area contributed by atoms with E-state index < -0.39 is 11.8 Å². The second-order valence-electron chi connectivity index (χ2n) is 8.96. The van der Waals surface area contributed by atoms with E-state index in [4.69, 9.17) is 5.11 Å². The van der Waals surface area contributed by atoms with Crippen LogP contribution in [0.25, 0.3) is 5.57 Å². The second-order valence-corrected chi connectivity index (χ2v) is 8.96. The number of aromatic carboxylic acids is 1. The van der Waals surface area contributed by atoms with Crippen molar-refractivity contribution in [2.75, 3.05) is 0 Å². The van der Waals surface area contributed by atoms with Gasteiger partial charge in [0.25, 0.3) is 0 Å². The van der Waals surface area contributed by atoms with Crippen molar-refractivity contribution in [3.05, 3.63) is 76.1 Å². The molecule has 27 heavy (non-hydrogen) atoms. The summed E-state index contributed by atoms with van der Waals surface area (Å²) >= 11 is 0. The fourth-order valence-corrected chi connectivity index (χ4v) is 4.08. The second kappa shape index (κ2) is 6.33. The molecule has 0 bridgehead atoms. The third kappa shape index (κ3) is 3.31. The first kappa shape index (κ1) is 19.3. The van der Waals surface area contributed by atoms with Gasteiger partial charge in [0.1, 0.15) is 5.82 Å². The van der Waals surface area contributed by atoms with Crippen molar-refractivity contribution in [3.8, 4) is 0 Å². The van der Waals surface area contributed by atoms with Gasteiger partial charge in [-0.3, -0.25) is 0 Å². The van der Waals surface area contributed by atoms with E-state index in [0.717, 1.165) is 24.0 Å². The minimum atomic E-state index is -1.27. The van der Waals surface area contributed by atoms with Gasteiger partial charge in [-0.25, -0.2) is 9.18 Å². The van der Waals surface area contributed by atoms with Crippen LogP contribution in [-0.2, 0) is 10.8 Å². The van der Waals surface area contributed by atoms with Crippen LogP contribution in [-0.4, -0.2) is 11.1 Å². The van der Waals surface area contributed by atoms with E-state index in [-0.39, 0.29) is 16.4 Å². The number of halogens is 1. The van der Waals surface area contributed by atoms with Crippen molar-refractivity contribution >= 4 is 11.5 Å². The molecule has 1 aliphatic rings. The summed E-state index contributed by atoms with van der Waals surface area (Å²) in [5.74, 6) is -2.00. The van der Waals surface area contributed by atoms with Gasteiger partial charge < -0.3 is 5.11 Å². The highest BCUT2D eigenvalue weighted by molar-refractivity contribution is 5.89. The molecular weight excluding hydrogens is 339 g/mol. The van der Waals surface area contributed by atoms with Crippen LogP contribution in [0.3, 0.4) is 0 Å². The molecular formula is C24H27FO2. The molecule has 0 saturated heterocycles. The summed E-state index contributed by atoms with van der Waals surface area (Å²) in [7, 11) is 0. The molecule has 0 amide bonds. The van der Waals surface area contributed by atoms with Gasteiger partial charge in [0.2, 0.25) is 0 Å². The zero-order valence-corrected chi connectivity index (χ0v) is 16.7. The van der Waals surface area contributed by atoms with Crippen molar-refractivity contribution in [3.63, 3.8) is 0 Å². The zero-order valence-electron chi connectivity index (χ0n) is 16.7. The maximum atomic E-state index is 14.2. The van der Waals surface area contributed by atoms with Crippen molar-refractivity contribution in [1.82, 2.24) is 0 Å². The van der Waals surface area contributed by atoms with Gasteiger partial charge in [-0.15, -0.1) is 0 Å². The molecule has 0 fully saturated rings. The Hall–Kier alpha value is -2.42. The van der Waals surface area contributed by atoms with Crippen molar-refractivity contribution < 1.29 is 14.3 Å². The number of aryl methyl sites for hydroxylation is 1. The number of hydrogen-bond acceptors (Lipinski definition) is 1. The van der Waals surface area contributed by atoms with Crippen LogP contribution in [0.2, 0.25) is 0 Å². The minimum absolute atomic E-state index is 0.0754. The Bertz CT molecular complexity index is 951. The van der Waals surface area contributed by atoms with Crippen molar-refractivity contribution in [1.29, 1.82) is 0 Å². The minimum Gasteiger partial charge on any atom is -0.478 e. The Morgan fingerprint density at radius 1 is 1.00 bits per heavy atom. The molecule has 0 aromatic heterocycles. The highest BCUT2D eigenvalue weighted by atomic mass is 19.1. The average Bonchev–Trinajstić information content (AvgIpc) is 2.57. The quantitative estimate of drug-likeness (QED) is 0.698. The Morgan fingerprint density at radius 3 is 2.07 bits per heavy atom. The van der Waals surface area contributed by atoms with Crippen molar-refractivity contribution in [2.45, 2.75) is 58.3 Å². The van der Waals surface area contributed by atoms with Gasteiger partial charge in [-0.1, -0.05) is 52.5 Å². The van der Waals surface area contributed by atoms with Crippen LogP contribution < -0.4 is 0 Å². The van der Waals surface area contributed by atoms with Gasteiger partial charge in [-0.2, -0.15) is 0 Å². The highest BCUT2D eigenvalue weighted by Gasteiger charge is 2.37. The lowest BCUT2D eigenvalue weighted by Gasteiger charge is -2.42. The van der Waals surface area contributed by atoms with E-state index in [1.54, 1.807) is 6.07 Å². The number of rotatable bonds is 3. The molecule has 1 aliphatic carbocycles. The molecule has 0 atom stereocenters. The predicted octanol–water partition coefficient (Wildman–Crippen LogP) is 6.24. The molecule has 3 rings (SSSR count). The molecule has 1 N–H and O–H groups in total. The molecule has 0 heterocycles. The molecule has 3 heteroatoms. The molecule has 0 unspecified atom stereocenters. The highest BCUT2D eigenvalue weighted by Crippen LogP contribution is 2.47. The van der Waals surface area contributed by atoms with E-state index in [1.807, 2.05) is 0 Å². The van der Waals surface area contributed by atoms with E-state index in [0.29, 0.717) is 11.1 Å². The summed E-state index contributed by atoms with van der Waals surface area (Å²) < 4.78 is 14.2. The van der Waals surface area contributed by atoms with Gasteiger partial charge in [0.15, 0.2) is 0 Å². The number of carboxylic acids is 1. The van der Waals surface area contributed by atoms with E-state index in [9.17, 15) is 9.18 Å². The summed E-state index contributed by atoms with van der Waals surface area (Å²) in [6, 6.07) is 8.65. The number of hydrogen-bond donors (Lipinski definition) is 1. The maximum absolute atomic E-state index is 14.2. The van der Waals surface area contributed by atoms with Crippen LogP contribution >= 0.6 is 0 Å². The smallest absolute Gasteiger partial charge is 0.338 e. The summed E-state index contributed by atoms with van der Waals surface area (Å²) in [6.07, 6.45) is 2.26. The third-order valence-electron chi connectivity index (χ3n) is 6.07. The molecule has 0 radical (unpaired) electrons. The third-order valence-corrected chi connectivity index (χ3v) is 6.07. The maximum Gasteiger partial charge on any atom is 0.338 e. The summed E-state index contributed by atoms with van der Waals surface area (Å²) in [4.78, 5) is 11.1. The number of carbonyl (C=O) groups is 1. The number of carboxylic acid groups (broad SMARTS) is 1. The van der Waals surface area contributed by atoms with Gasteiger partial charge >= 0.3 is 5.97 Å². The first-order valence-electron chi connectivity index (χ1n) is 9.32. The molecule has 0 saturated carbocycles. The molecule has 142 valence electrons. The van der Waals surface area contributed by atoms with Gasteiger partial charge in [-0.05, 0) is 76.1 Å². The zero-order chi connectivity index (χ0) is 20.1. The lowest BCUT2D eigenvalue weighted by atomic mass is 9.62. The summed E-state index contributed by atoms with van der Waals surface area (Å²) in [5, 5.41) is 9.03. The fraction of sp³-hybridized carbons (Fsp3) is 0.375. The predicted molar refractivity (Wildman–Crippen MR) is 108 cm³/mol. The van der Waals surface area contributed by atoms with Crippen LogP contribution in [0.1, 0.15) is 78.7 Å². The Balaban J connectivity index is 2.12. The van der Waals surface area contributed by atoms with Crippen LogP contribution in [0.15, 0.2) is 36.9 Å². The monoisotopic (exact) mass is 366 g/mol. The Kier molecular flexibility index (Phi) is 4.54. The summed E-state index contributed by atoms with van der Waals surface area (Å²) in [5.41, 5.74) is 5.99. The van der Waals surface area contributed by atoms with Gasteiger partial charge in [0, 0.05) is 0 Å². The first-order chi connectivity index (χ1) is 12.4. The molecule has 0 spiro atoms. The van der Waals surface area contributed by atoms with Crippen LogP contribution in [0.5, 0.6) is 0 Å². The Labute approximate surface area is 160 Å². The lowest BCUT2D eigenvalue weighted by Crippen LogP contribution is -2.34. The molecule has 0 aliphatic heterocycles. The SMILES string of the molecule is C=C(c1ccc(C(=O)O)c(F)c1)c1cc2c(cc1C)C(C)(C)CCC2(C)C. The normalized spacial score (nSPS) is 17.3. The average molecular weight is 366 g/mol. The van der Waals surface area contributed by atoms with Crippen LogP contribution in [0.4, 0.5) is 4.39 Å². The number of fused-ring (bicyclic) bond motifs is 1. The van der Waals surface area contributed by atoms with E-state index >= 15 is 0 Å². The van der Waals surface area contributed by atoms with E-state index in [1.165, 1.54) is 23.3 Å². The van der Waals surface area contributed by atoms with E-state index in [2.05, 4.69) is 53.3 Å². The number of benzene rings is 2. The molecule has 2 aromatic carbocycles. The van der Waals surface area contributed by atoms with Crippen LogP contribution in [0, 0.1) is 12.7 Å². The van der Waals surface area contributed by atoms with Gasteiger partial charge in [0.05, 0.1) is 5.56 Å².